The number of halogens is 2. The van der Waals surface area contributed by atoms with Crippen molar-refractivity contribution in [2.24, 2.45) is 5.92 Å². The molecule has 18 heavy (non-hydrogen) atoms. The molecule has 3 nitrogen and oxygen atoms in total. The van der Waals surface area contributed by atoms with Crippen LogP contribution < -0.4 is 5.32 Å². The molecule has 2 rings (SSSR count). The Kier molecular flexibility index (Phi) is 4.49. The van der Waals surface area contributed by atoms with Crippen LogP contribution in [0.25, 0.3) is 0 Å². The normalized spacial score (nSPS) is 23.1. The van der Waals surface area contributed by atoms with Crippen LogP contribution in [0.4, 0.5) is 0 Å². The van der Waals surface area contributed by atoms with E-state index in [1.54, 1.807) is 18.2 Å². The number of carbonyl (C=O) groups is 1. The number of rotatable bonds is 3. The number of carbonyl (C=O) groups excluding carboxylic acids is 1. The van der Waals surface area contributed by atoms with Crippen LogP contribution in [0.1, 0.15) is 29.6 Å². The van der Waals surface area contributed by atoms with Crippen LogP contribution in [0.3, 0.4) is 0 Å². The Labute approximate surface area is 116 Å². The Morgan fingerprint density at radius 1 is 1.33 bits per heavy atom. The summed E-state index contributed by atoms with van der Waals surface area (Å²) in [6.45, 7) is 0.460. The van der Waals surface area contributed by atoms with E-state index in [9.17, 15) is 9.90 Å². The summed E-state index contributed by atoms with van der Waals surface area (Å²) in [5.74, 6) is -0.153. The second-order valence-corrected chi connectivity index (χ2v) is 5.38. The Bertz CT molecular complexity index is 430. The van der Waals surface area contributed by atoms with Gasteiger partial charge in [-0.1, -0.05) is 35.7 Å². The minimum absolute atomic E-state index is 0.134. The highest BCUT2D eigenvalue weighted by Crippen LogP contribution is 2.26. The Morgan fingerprint density at radius 3 is 2.56 bits per heavy atom. The Morgan fingerprint density at radius 2 is 2.00 bits per heavy atom. The molecule has 0 aliphatic heterocycles. The fourth-order valence-corrected chi connectivity index (χ4v) is 2.85. The molecule has 0 aromatic heterocycles. The van der Waals surface area contributed by atoms with E-state index in [4.69, 9.17) is 23.2 Å². The van der Waals surface area contributed by atoms with Gasteiger partial charge in [-0.2, -0.15) is 0 Å². The van der Waals surface area contributed by atoms with Crippen molar-refractivity contribution < 1.29 is 9.90 Å². The van der Waals surface area contributed by atoms with Crippen LogP contribution in [-0.2, 0) is 0 Å². The van der Waals surface area contributed by atoms with Gasteiger partial charge >= 0.3 is 0 Å². The van der Waals surface area contributed by atoms with Gasteiger partial charge in [-0.25, -0.2) is 0 Å². The standard InChI is InChI=1S/C13H15Cl2NO2/c14-9-4-2-5-10(15)12(9)13(18)16-7-8-3-1-6-11(8)17/h2,4-5,8,11,17H,1,3,6-7H2,(H,16,18). The van der Waals surface area contributed by atoms with Crippen LogP contribution in [0.2, 0.25) is 10.0 Å². The molecule has 1 aliphatic rings. The zero-order chi connectivity index (χ0) is 13.1. The summed E-state index contributed by atoms with van der Waals surface area (Å²) in [6.07, 6.45) is 2.45. The van der Waals surface area contributed by atoms with Gasteiger partial charge in [0.25, 0.3) is 5.91 Å². The molecule has 5 heteroatoms. The summed E-state index contributed by atoms with van der Waals surface area (Å²) in [7, 11) is 0. The first-order chi connectivity index (χ1) is 8.59. The first-order valence-electron chi connectivity index (χ1n) is 6.00. The van der Waals surface area contributed by atoms with Gasteiger partial charge in [-0.05, 0) is 25.0 Å². The van der Waals surface area contributed by atoms with E-state index in [1.807, 2.05) is 0 Å². The molecule has 1 fully saturated rings. The van der Waals surface area contributed by atoms with Crippen molar-refractivity contribution in [2.45, 2.75) is 25.4 Å². The fourth-order valence-electron chi connectivity index (χ4n) is 2.28. The molecule has 2 N–H and O–H groups in total. The lowest BCUT2D eigenvalue weighted by Gasteiger charge is -2.15. The molecule has 1 aromatic carbocycles. The second kappa shape index (κ2) is 5.91. The van der Waals surface area contributed by atoms with E-state index in [-0.39, 0.29) is 17.9 Å². The fraction of sp³-hybridized carbons (Fsp3) is 0.462. The number of aliphatic hydroxyl groups is 1. The highest BCUT2D eigenvalue weighted by Gasteiger charge is 2.26. The van der Waals surface area contributed by atoms with Gasteiger partial charge in [0.2, 0.25) is 0 Å². The van der Waals surface area contributed by atoms with Crippen LogP contribution in [0.15, 0.2) is 18.2 Å². The number of nitrogens with one attached hydrogen (secondary N) is 1. The summed E-state index contributed by atoms with van der Waals surface area (Å²) >= 11 is 11.9. The van der Waals surface area contributed by atoms with E-state index < -0.39 is 0 Å². The molecule has 1 aromatic rings. The van der Waals surface area contributed by atoms with E-state index in [0.717, 1.165) is 19.3 Å². The molecule has 0 heterocycles. The molecule has 1 amide bonds. The van der Waals surface area contributed by atoms with E-state index in [1.165, 1.54) is 0 Å². The Hall–Kier alpha value is -0.770. The van der Waals surface area contributed by atoms with E-state index >= 15 is 0 Å². The lowest BCUT2D eigenvalue weighted by Crippen LogP contribution is -2.32. The van der Waals surface area contributed by atoms with Gasteiger partial charge in [0, 0.05) is 12.5 Å². The smallest absolute Gasteiger partial charge is 0.254 e. The maximum Gasteiger partial charge on any atom is 0.254 e. The van der Waals surface area contributed by atoms with Crippen molar-refractivity contribution in [3.63, 3.8) is 0 Å². The van der Waals surface area contributed by atoms with Crippen LogP contribution >= 0.6 is 23.2 Å². The largest absolute Gasteiger partial charge is 0.393 e. The number of hydrogen-bond donors (Lipinski definition) is 2. The van der Waals surface area contributed by atoms with Crippen molar-refractivity contribution in [2.75, 3.05) is 6.54 Å². The predicted molar refractivity (Wildman–Crippen MR) is 72.1 cm³/mol. The number of benzene rings is 1. The third kappa shape index (κ3) is 2.97. The van der Waals surface area contributed by atoms with Crippen LogP contribution in [0, 0.1) is 5.92 Å². The third-order valence-corrected chi connectivity index (χ3v) is 3.96. The van der Waals surface area contributed by atoms with Crippen molar-refractivity contribution in [3.8, 4) is 0 Å². The topological polar surface area (TPSA) is 49.3 Å². The SMILES string of the molecule is O=C(NCC1CCCC1O)c1c(Cl)cccc1Cl. The van der Waals surface area contributed by atoms with Gasteiger partial charge in [0.1, 0.15) is 0 Å². The van der Waals surface area contributed by atoms with Crippen molar-refractivity contribution in [1.82, 2.24) is 5.32 Å². The van der Waals surface area contributed by atoms with E-state index in [0.29, 0.717) is 22.2 Å². The zero-order valence-electron chi connectivity index (χ0n) is 9.83. The molecule has 0 radical (unpaired) electrons. The quantitative estimate of drug-likeness (QED) is 0.898. The maximum absolute atomic E-state index is 12.0. The molecule has 98 valence electrons. The summed E-state index contributed by atoms with van der Waals surface area (Å²) in [4.78, 5) is 12.0. The highest BCUT2D eigenvalue weighted by molar-refractivity contribution is 6.39. The first kappa shape index (κ1) is 13.7. The number of aliphatic hydroxyl groups excluding tert-OH is 1. The molecule has 1 saturated carbocycles. The molecule has 2 atom stereocenters. The van der Waals surface area contributed by atoms with Crippen molar-refractivity contribution in [3.05, 3.63) is 33.8 Å². The molecule has 2 unspecified atom stereocenters. The van der Waals surface area contributed by atoms with Crippen molar-refractivity contribution in [1.29, 1.82) is 0 Å². The molecule has 1 aliphatic carbocycles. The summed E-state index contributed by atoms with van der Waals surface area (Å²) in [5, 5.41) is 13.1. The minimum Gasteiger partial charge on any atom is -0.393 e. The lowest BCUT2D eigenvalue weighted by atomic mass is 10.1. The zero-order valence-corrected chi connectivity index (χ0v) is 11.3. The van der Waals surface area contributed by atoms with Crippen LogP contribution in [-0.4, -0.2) is 23.7 Å². The van der Waals surface area contributed by atoms with Gasteiger partial charge in [0.15, 0.2) is 0 Å². The lowest BCUT2D eigenvalue weighted by molar-refractivity contribution is 0.0917. The Balaban J connectivity index is 1.99. The number of hydrogen-bond acceptors (Lipinski definition) is 2. The maximum atomic E-state index is 12.0. The van der Waals surface area contributed by atoms with Crippen LogP contribution in [0.5, 0.6) is 0 Å². The molecule has 0 spiro atoms. The van der Waals surface area contributed by atoms with Gasteiger partial charge < -0.3 is 10.4 Å². The monoisotopic (exact) mass is 287 g/mol. The summed E-state index contributed by atoms with van der Waals surface area (Å²) in [5.41, 5.74) is 0.299. The molecular weight excluding hydrogens is 273 g/mol. The first-order valence-corrected chi connectivity index (χ1v) is 6.75. The molecule has 0 saturated heterocycles. The third-order valence-electron chi connectivity index (χ3n) is 3.33. The second-order valence-electron chi connectivity index (χ2n) is 4.57. The summed E-state index contributed by atoms with van der Waals surface area (Å²) in [6, 6.07) is 4.96. The van der Waals surface area contributed by atoms with Gasteiger partial charge in [-0.15, -0.1) is 0 Å². The molecule has 0 bridgehead atoms. The molecular formula is C13H15Cl2NO2. The number of amides is 1. The minimum atomic E-state index is -0.313. The van der Waals surface area contributed by atoms with Gasteiger partial charge in [-0.3, -0.25) is 4.79 Å². The summed E-state index contributed by atoms with van der Waals surface area (Å²) < 4.78 is 0. The van der Waals surface area contributed by atoms with E-state index in [2.05, 4.69) is 5.32 Å². The average Bonchev–Trinajstić information content (AvgIpc) is 2.72. The van der Waals surface area contributed by atoms with Gasteiger partial charge in [0.05, 0.1) is 21.7 Å². The predicted octanol–water partition coefficient (Wildman–Crippen LogP) is 2.88. The highest BCUT2D eigenvalue weighted by atomic mass is 35.5. The van der Waals surface area contributed by atoms with Crippen molar-refractivity contribution >= 4 is 29.1 Å². The average molecular weight is 288 g/mol.